The maximum absolute atomic E-state index is 11.8. The average Bonchev–Trinajstić information content (AvgIpc) is 3.10. The summed E-state index contributed by atoms with van der Waals surface area (Å²) >= 11 is 10.8. The summed E-state index contributed by atoms with van der Waals surface area (Å²) in [6.07, 6.45) is 0. The van der Waals surface area contributed by atoms with Gasteiger partial charge in [-0.15, -0.1) is 10.2 Å². The number of ether oxygens (including phenoxy) is 1. The van der Waals surface area contributed by atoms with Crippen LogP contribution in [0.25, 0.3) is 17.1 Å². The number of primary amides is 1. The van der Waals surface area contributed by atoms with Crippen LogP contribution < -0.4 is 15.8 Å². The van der Waals surface area contributed by atoms with Crippen molar-refractivity contribution < 1.29 is 14.3 Å². The molecule has 3 rings (SSSR count). The van der Waals surface area contributed by atoms with Gasteiger partial charge in [-0.1, -0.05) is 51.4 Å². The molecule has 0 spiro atoms. The van der Waals surface area contributed by atoms with Crippen LogP contribution in [0.2, 0.25) is 5.02 Å². The molecule has 0 atom stereocenters. The van der Waals surface area contributed by atoms with E-state index in [1.807, 2.05) is 35.6 Å². The lowest BCUT2D eigenvalue weighted by Gasteiger charge is -2.12. The zero-order valence-electron chi connectivity index (χ0n) is 15.1. The van der Waals surface area contributed by atoms with E-state index in [4.69, 9.17) is 22.1 Å². The number of aromatic nitrogens is 3. The third kappa shape index (κ3) is 5.08. The Morgan fingerprint density at radius 1 is 1.24 bits per heavy atom. The van der Waals surface area contributed by atoms with Crippen LogP contribution in [0.5, 0.6) is 5.75 Å². The second-order valence-electron chi connectivity index (χ2n) is 5.67. The first kappa shape index (κ1) is 21.2. The van der Waals surface area contributed by atoms with E-state index in [1.165, 1.54) is 7.11 Å². The van der Waals surface area contributed by atoms with Gasteiger partial charge in [-0.25, -0.2) is 4.79 Å². The zero-order valence-corrected chi connectivity index (χ0v) is 18.2. The summed E-state index contributed by atoms with van der Waals surface area (Å²) in [5, 5.41) is 11.4. The highest BCUT2D eigenvalue weighted by atomic mass is 79.9. The fourth-order valence-corrected chi connectivity index (χ4v) is 3.75. The predicted molar refractivity (Wildman–Crippen MR) is 115 cm³/mol. The number of imide groups is 1. The lowest BCUT2D eigenvalue weighted by atomic mass is 10.2. The predicted octanol–water partition coefficient (Wildman–Crippen LogP) is 3.65. The van der Waals surface area contributed by atoms with Gasteiger partial charge in [0.25, 0.3) is 0 Å². The van der Waals surface area contributed by atoms with Gasteiger partial charge in [-0.3, -0.25) is 14.7 Å². The second kappa shape index (κ2) is 9.29. The summed E-state index contributed by atoms with van der Waals surface area (Å²) in [6, 6.07) is 11.9. The number of nitrogens with one attached hydrogen (secondary N) is 1. The number of urea groups is 1. The van der Waals surface area contributed by atoms with Gasteiger partial charge in [0.05, 0.1) is 23.6 Å². The normalized spacial score (nSPS) is 10.6. The maximum Gasteiger partial charge on any atom is 0.318 e. The van der Waals surface area contributed by atoms with Crippen LogP contribution in [-0.4, -0.2) is 39.6 Å². The van der Waals surface area contributed by atoms with Crippen molar-refractivity contribution >= 4 is 51.2 Å². The van der Waals surface area contributed by atoms with Crippen LogP contribution in [0.15, 0.2) is 52.1 Å². The van der Waals surface area contributed by atoms with Crippen molar-refractivity contribution in [1.29, 1.82) is 0 Å². The number of carbonyl (C=O) groups excluding carboxylic acids is 2. The van der Waals surface area contributed by atoms with Crippen LogP contribution >= 0.6 is 39.3 Å². The molecule has 3 amide bonds. The third-order valence-corrected chi connectivity index (χ3v) is 5.48. The quantitative estimate of drug-likeness (QED) is 0.504. The van der Waals surface area contributed by atoms with Crippen LogP contribution in [0.4, 0.5) is 4.79 Å². The average molecular weight is 497 g/mol. The topological polar surface area (TPSA) is 112 Å². The molecule has 0 saturated carbocycles. The number of hydrogen-bond donors (Lipinski definition) is 2. The molecule has 0 aliphatic heterocycles. The molecule has 29 heavy (non-hydrogen) atoms. The minimum atomic E-state index is -0.908. The van der Waals surface area contributed by atoms with E-state index in [9.17, 15) is 9.59 Å². The van der Waals surface area contributed by atoms with E-state index < -0.39 is 11.9 Å². The molecule has 0 fully saturated rings. The summed E-state index contributed by atoms with van der Waals surface area (Å²) in [7, 11) is 1.53. The monoisotopic (exact) mass is 495 g/mol. The highest BCUT2D eigenvalue weighted by molar-refractivity contribution is 9.10. The number of methoxy groups -OCH3 is 1. The first-order valence-corrected chi connectivity index (χ1v) is 10.3. The molecular weight excluding hydrogens is 482 g/mol. The van der Waals surface area contributed by atoms with E-state index in [0.717, 1.165) is 21.8 Å². The van der Waals surface area contributed by atoms with Gasteiger partial charge in [0, 0.05) is 10.0 Å². The van der Waals surface area contributed by atoms with Crippen molar-refractivity contribution in [3.63, 3.8) is 0 Å². The first-order valence-electron chi connectivity index (χ1n) is 8.16. The Balaban J connectivity index is 2.02. The smallest absolute Gasteiger partial charge is 0.318 e. The zero-order chi connectivity index (χ0) is 21.0. The Morgan fingerprint density at radius 2 is 1.97 bits per heavy atom. The van der Waals surface area contributed by atoms with Crippen molar-refractivity contribution in [3.8, 4) is 22.8 Å². The summed E-state index contributed by atoms with van der Waals surface area (Å²) in [5.41, 5.74) is 6.49. The molecule has 0 unspecified atom stereocenters. The van der Waals surface area contributed by atoms with Gasteiger partial charge in [-0.05, 0) is 30.3 Å². The van der Waals surface area contributed by atoms with E-state index >= 15 is 0 Å². The number of thioether (sulfide) groups is 1. The number of rotatable bonds is 6. The number of benzene rings is 2. The van der Waals surface area contributed by atoms with E-state index in [-0.39, 0.29) is 5.75 Å². The Bertz CT molecular complexity index is 1060. The molecule has 2 aromatic carbocycles. The SMILES string of the molecule is COc1ccc(-n2c(SCC(=O)NC(N)=O)nnc2-c2ccc(Br)cc2)cc1Cl. The van der Waals surface area contributed by atoms with Crippen molar-refractivity contribution in [2.45, 2.75) is 5.16 Å². The Morgan fingerprint density at radius 3 is 2.59 bits per heavy atom. The van der Waals surface area contributed by atoms with Crippen LogP contribution in [0, 0.1) is 0 Å². The number of halogens is 2. The molecule has 150 valence electrons. The van der Waals surface area contributed by atoms with Crippen molar-refractivity contribution in [1.82, 2.24) is 20.1 Å². The number of carbonyl (C=O) groups is 2. The third-order valence-electron chi connectivity index (χ3n) is 3.72. The molecule has 3 N–H and O–H groups in total. The Labute approximate surface area is 183 Å². The second-order valence-corrected chi connectivity index (χ2v) is 7.93. The van der Waals surface area contributed by atoms with Gasteiger partial charge in [0.1, 0.15) is 5.75 Å². The minimum absolute atomic E-state index is 0.0642. The van der Waals surface area contributed by atoms with Crippen LogP contribution in [0.1, 0.15) is 0 Å². The molecule has 0 radical (unpaired) electrons. The van der Waals surface area contributed by atoms with Gasteiger partial charge in [0.2, 0.25) is 5.91 Å². The molecule has 3 aromatic rings. The summed E-state index contributed by atoms with van der Waals surface area (Å²) in [6.45, 7) is 0. The molecule has 8 nitrogen and oxygen atoms in total. The van der Waals surface area contributed by atoms with Crippen molar-refractivity contribution in [2.24, 2.45) is 5.73 Å². The lowest BCUT2D eigenvalue weighted by molar-refractivity contribution is -0.117. The maximum atomic E-state index is 11.8. The largest absolute Gasteiger partial charge is 0.495 e. The molecular formula is C18H15BrClN5O3S. The minimum Gasteiger partial charge on any atom is -0.495 e. The van der Waals surface area contributed by atoms with Gasteiger partial charge in [-0.2, -0.15) is 0 Å². The summed E-state index contributed by atoms with van der Waals surface area (Å²) < 4.78 is 7.91. The van der Waals surface area contributed by atoms with E-state index in [0.29, 0.717) is 27.4 Å². The first-order chi connectivity index (χ1) is 13.9. The Hall–Kier alpha value is -2.56. The fourth-order valence-electron chi connectivity index (χ4n) is 2.48. The van der Waals surface area contributed by atoms with Gasteiger partial charge < -0.3 is 10.5 Å². The highest BCUT2D eigenvalue weighted by Crippen LogP contribution is 2.32. The van der Waals surface area contributed by atoms with Crippen molar-refractivity contribution in [3.05, 3.63) is 52.0 Å². The van der Waals surface area contributed by atoms with Gasteiger partial charge >= 0.3 is 6.03 Å². The Kier molecular flexibility index (Phi) is 6.78. The highest BCUT2D eigenvalue weighted by Gasteiger charge is 2.18. The molecule has 0 bridgehead atoms. The fraction of sp³-hybridized carbons (Fsp3) is 0.111. The molecule has 1 aromatic heterocycles. The number of nitrogens with two attached hydrogens (primary N) is 1. The number of amides is 3. The molecule has 1 heterocycles. The van der Waals surface area contributed by atoms with E-state index in [1.54, 1.807) is 16.7 Å². The summed E-state index contributed by atoms with van der Waals surface area (Å²) in [5.74, 6) is 0.501. The molecule has 11 heteroatoms. The van der Waals surface area contributed by atoms with Crippen molar-refractivity contribution in [2.75, 3.05) is 12.9 Å². The summed E-state index contributed by atoms with van der Waals surface area (Å²) in [4.78, 5) is 22.6. The van der Waals surface area contributed by atoms with Crippen LogP contribution in [-0.2, 0) is 4.79 Å². The number of hydrogen-bond acceptors (Lipinski definition) is 6. The molecule has 0 aliphatic carbocycles. The van der Waals surface area contributed by atoms with E-state index in [2.05, 4.69) is 26.1 Å². The lowest BCUT2D eigenvalue weighted by Crippen LogP contribution is -2.36. The van der Waals surface area contributed by atoms with Crippen LogP contribution in [0.3, 0.4) is 0 Å². The standard InChI is InChI=1S/C18H15BrClN5O3S/c1-28-14-7-6-12(8-13(14)20)25-16(10-2-4-11(19)5-3-10)23-24-18(25)29-9-15(26)22-17(21)27/h2-8H,9H2,1H3,(H3,21,22,26,27). The van der Waals surface area contributed by atoms with Gasteiger partial charge in [0.15, 0.2) is 11.0 Å². The molecule has 0 aliphatic rings. The molecule has 0 saturated heterocycles. The number of nitrogens with zero attached hydrogens (tertiary/aromatic N) is 3.